The number of hydrogen-bond donors (Lipinski definition) is 3. The van der Waals surface area contributed by atoms with Crippen molar-refractivity contribution in [2.24, 2.45) is 0 Å². The van der Waals surface area contributed by atoms with E-state index in [-0.39, 0.29) is 11.1 Å². The van der Waals surface area contributed by atoms with E-state index >= 15 is 0 Å². The van der Waals surface area contributed by atoms with Gasteiger partial charge < -0.3 is 5.11 Å². The average molecular weight is 317 g/mol. The van der Waals surface area contributed by atoms with Crippen LogP contribution in [0.3, 0.4) is 0 Å². The van der Waals surface area contributed by atoms with Crippen LogP contribution in [0.25, 0.3) is 0 Å². The number of halogens is 2. The van der Waals surface area contributed by atoms with Crippen LogP contribution in [-0.2, 0) is 16.6 Å². The number of aromatic nitrogens is 2. The van der Waals surface area contributed by atoms with E-state index in [1.807, 2.05) is 4.72 Å². The molecule has 0 saturated heterocycles. The van der Waals surface area contributed by atoms with Crippen molar-refractivity contribution < 1.29 is 22.3 Å². The van der Waals surface area contributed by atoms with E-state index in [2.05, 4.69) is 10.2 Å². The van der Waals surface area contributed by atoms with Crippen molar-refractivity contribution in [1.82, 2.24) is 10.2 Å². The maximum Gasteiger partial charge on any atom is 0.281 e. The summed E-state index contributed by atoms with van der Waals surface area (Å²) in [6.45, 7) is 2.33. The van der Waals surface area contributed by atoms with Crippen LogP contribution in [0.5, 0.6) is 0 Å². The molecule has 114 valence electrons. The number of nitrogens with one attached hydrogen (secondary N) is 2. The number of aryl methyl sites for hydroxylation is 2. The molecule has 3 N–H and O–H groups in total. The monoisotopic (exact) mass is 317 g/mol. The molecule has 0 atom stereocenters. The highest BCUT2D eigenvalue weighted by Crippen LogP contribution is 2.25. The van der Waals surface area contributed by atoms with Crippen molar-refractivity contribution in [2.45, 2.75) is 25.5 Å². The molecular weight excluding hydrogens is 304 g/mol. The van der Waals surface area contributed by atoms with Crippen LogP contribution in [0.15, 0.2) is 17.2 Å². The number of hydrogen-bond acceptors (Lipinski definition) is 4. The van der Waals surface area contributed by atoms with Gasteiger partial charge in [0.25, 0.3) is 10.0 Å². The first-order valence-corrected chi connectivity index (χ1v) is 7.38. The van der Waals surface area contributed by atoms with Crippen molar-refractivity contribution in [3.8, 4) is 0 Å². The summed E-state index contributed by atoms with van der Waals surface area (Å²) in [7, 11) is -4.33. The molecule has 0 fully saturated rings. The molecule has 0 spiro atoms. The van der Waals surface area contributed by atoms with Gasteiger partial charge in [-0.2, -0.15) is 13.5 Å². The lowest BCUT2D eigenvalue weighted by Gasteiger charge is -2.10. The quantitative estimate of drug-likeness (QED) is 0.798. The number of aromatic amines is 1. The molecule has 0 unspecified atom stereocenters. The van der Waals surface area contributed by atoms with Gasteiger partial charge in [-0.3, -0.25) is 9.82 Å². The summed E-state index contributed by atoms with van der Waals surface area (Å²) in [5.41, 5.74) is -0.298. The van der Waals surface area contributed by atoms with Crippen LogP contribution in [-0.4, -0.2) is 23.7 Å². The van der Waals surface area contributed by atoms with Gasteiger partial charge in [-0.05, 0) is 25.5 Å². The van der Waals surface area contributed by atoms with Crippen molar-refractivity contribution >= 4 is 15.7 Å². The van der Waals surface area contributed by atoms with Gasteiger partial charge in [0.2, 0.25) is 5.03 Å². The van der Waals surface area contributed by atoms with Crippen LogP contribution in [0.4, 0.5) is 14.5 Å². The van der Waals surface area contributed by atoms with Crippen molar-refractivity contribution in [3.63, 3.8) is 0 Å². The summed E-state index contributed by atoms with van der Waals surface area (Å²) < 4.78 is 53.6. The lowest BCUT2D eigenvalue weighted by Crippen LogP contribution is -2.17. The van der Waals surface area contributed by atoms with Crippen LogP contribution >= 0.6 is 0 Å². The topological polar surface area (TPSA) is 95.1 Å². The largest absolute Gasteiger partial charge is 0.392 e. The van der Waals surface area contributed by atoms with Crippen molar-refractivity contribution in [1.29, 1.82) is 0 Å². The second-order valence-corrected chi connectivity index (χ2v) is 6.05. The fraction of sp³-hybridized carbons (Fsp3) is 0.250. The van der Waals surface area contributed by atoms with Gasteiger partial charge in [-0.25, -0.2) is 8.78 Å². The number of benzene rings is 1. The van der Waals surface area contributed by atoms with Gasteiger partial charge in [0.05, 0.1) is 6.61 Å². The Bertz CT molecular complexity index is 787. The molecule has 1 aromatic carbocycles. The molecule has 21 heavy (non-hydrogen) atoms. The van der Waals surface area contributed by atoms with E-state index in [1.165, 1.54) is 19.9 Å². The van der Waals surface area contributed by atoms with Gasteiger partial charge in [-0.1, -0.05) is 6.07 Å². The number of aliphatic hydroxyl groups excluding tert-OH is 1. The van der Waals surface area contributed by atoms with E-state index in [0.717, 1.165) is 6.07 Å². The average Bonchev–Trinajstić information content (AvgIpc) is 2.81. The summed E-state index contributed by atoms with van der Waals surface area (Å²) in [6.07, 6.45) is 0. The first-order valence-electron chi connectivity index (χ1n) is 5.90. The van der Waals surface area contributed by atoms with E-state index in [1.54, 1.807) is 0 Å². The predicted molar refractivity (Wildman–Crippen MR) is 71.2 cm³/mol. The van der Waals surface area contributed by atoms with Crippen LogP contribution in [0.1, 0.15) is 16.8 Å². The zero-order chi connectivity index (χ0) is 15.8. The Labute approximate surface area is 119 Å². The number of rotatable bonds is 4. The molecule has 2 aromatic rings. The Morgan fingerprint density at radius 2 is 2.00 bits per heavy atom. The summed E-state index contributed by atoms with van der Waals surface area (Å²) >= 11 is 0. The number of sulfonamides is 1. The highest BCUT2D eigenvalue weighted by atomic mass is 32.2. The Kier molecular flexibility index (Phi) is 3.97. The Morgan fingerprint density at radius 3 is 2.62 bits per heavy atom. The molecule has 0 amide bonds. The number of anilines is 1. The summed E-state index contributed by atoms with van der Waals surface area (Å²) in [4.78, 5) is 0. The second-order valence-electron chi connectivity index (χ2n) is 4.45. The van der Waals surface area contributed by atoms with E-state index < -0.39 is 39.0 Å². The molecule has 0 radical (unpaired) electrons. The standard InChI is InChI=1S/C12H13F2N3O3S/c1-6-3-4-9(13)11(10(6)14)17-21(19,20)12-8(5-18)7(2)15-16-12/h3-4,17-18H,5H2,1-2H3,(H,15,16). The minimum atomic E-state index is -4.33. The zero-order valence-electron chi connectivity index (χ0n) is 11.2. The Hall–Kier alpha value is -2.00. The Morgan fingerprint density at radius 1 is 1.33 bits per heavy atom. The first kappa shape index (κ1) is 15.4. The number of aliphatic hydroxyl groups is 1. The SMILES string of the molecule is Cc1ccc(F)c(NS(=O)(=O)c2n[nH]c(C)c2CO)c1F. The molecule has 1 heterocycles. The first-order chi connectivity index (χ1) is 9.77. The molecule has 0 aliphatic carbocycles. The van der Waals surface area contributed by atoms with Crippen LogP contribution in [0, 0.1) is 25.5 Å². The normalized spacial score (nSPS) is 11.7. The molecule has 0 saturated carbocycles. The number of nitrogens with zero attached hydrogens (tertiary/aromatic N) is 1. The third-order valence-electron chi connectivity index (χ3n) is 2.97. The number of H-pyrrole nitrogens is 1. The molecule has 0 aliphatic heterocycles. The molecule has 2 rings (SSSR count). The Balaban J connectivity index is 2.50. The van der Waals surface area contributed by atoms with E-state index in [9.17, 15) is 22.3 Å². The third kappa shape index (κ3) is 2.74. The van der Waals surface area contributed by atoms with E-state index in [0.29, 0.717) is 5.69 Å². The van der Waals surface area contributed by atoms with Gasteiger partial charge in [0, 0.05) is 11.3 Å². The fourth-order valence-corrected chi connectivity index (χ4v) is 3.03. The minimum Gasteiger partial charge on any atom is -0.392 e. The predicted octanol–water partition coefficient (Wildman–Crippen LogP) is 1.60. The molecule has 9 heteroatoms. The van der Waals surface area contributed by atoms with Gasteiger partial charge in [0.15, 0.2) is 5.82 Å². The maximum atomic E-state index is 13.9. The maximum absolute atomic E-state index is 13.9. The highest BCUT2D eigenvalue weighted by Gasteiger charge is 2.26. The molecule has 0 aliphatic rings. The summed E-state index contributed by atoms with van der Waals surface area (Å²) in [5.74, 6) is -2.05. The lowest BCUT2D eigenvalue weighted by atomic mass is 10.2. The molecular formula is C12H13F2N3O3S. The third-order valence-corrected chi connectivity index (χ3v) is 4.29. The van der Waals surface area contributed by atoms with Gasteiger partial charge in [0.1, 0.15) is 11.5 Å². The van der Waals surface area contributed by atoms with Gasteiger partial charge in [-0.15, -0.1) is 0 Å². The van der Waals surface area contributed by atoms with Crippen molar-refractivity contribution in [3.05, 3.63) is 40.6 Å². The minimum absolute atomic E-state index is 0.0379. The highest BCUT2D eigenvalue weighted by molar-refractivity contribution is 7.92. The summed E-state index contributed by atoms with van der Waals surface area (Å²) in [6, 6.07) is 2.15. The molecule has 6 nitrogen and oxygen atoms in total. The van der Waals surface area contributed by atoms with Gasteiger partial charge >= 0.3 is 0 Å². The van der Waals surface area contributed by atoms with Crippen molar-refractivity contribution in [2.75, 3.05) is 4.72 Å². The van der Waals surface area contributed by atoms with Crippen LogP contribution < -0.4 is 4.72 Å². The molecule has 1 aromatic heterocycles. The molecule has 0 bridgehead atoms. The summed E-state index contributed by atoms with van der Waals surface area (Å²) in [5, 5.41) is 14.6. The second kappa shape index (κ2) is 5.41. The van der Waals surface area contributed by atoms with E-state index in [4.69, 9.17) is 0 Å². The zero-order valence-corrected chi connectivity index (χ0v) is 12.1. The fourth-order valence-electron chi connectivity index (χ4n) is 1.77. The van der Waals surface area contributed by atoms with Crippen LogP contribution in [0.2, 0.25) is 0 Å². The smallest absolute Gasteiger partial charge is 0.281 e. The lowest BCUT2D eigenvalue weighted by molar-refractivity contribution is 0.277.